The Hall–Kier alpha value is -0.860. The van der Waals surface area contributed by atoms with Gasteiger partial charge in [0.2, 0.25) is 0 Å². The Morgan fingerprint density at radius 2 is 2.13 bits per heavy atom. The minimum Gasteiger partial charge on any atom is -0.304 e. The number of hydrogen-bond donors (Lipinski definition) is 1. The summed E-state index contributed by atoms with van der Waals surface area (Å²) in [5, 5.41) is 3.82. The Kier molecular flexibility index (Phi) is 2.81. The van der Waals surface area contributed by atoms with E-state index in [0.29, 0.717) is 11.4 Å². The molecule has 3 heteroatoms. The molecule has 15 heavy (non-hydrogen) atoms. The van der Waals surface area contributed by atoms with Gasteiger partial charge in [-0.2, -0.15) is 0 Å². The molecule has 1 aliphatic rings. The lowest BCUT2D eigenvalue weighted by Crippen LogP contribution is -2.43. The number of nitrogens with one attached hydrogen (secondary N) is 1. The molecule has 1 N–H and O–H groups in total. The van der Waals surface area contributed by atoms with Crippen molar-refractivity contribution in [3.05, 3.63) is 34.9 Å². The minimum atomic E-state index is -0.543. The molecule has 0 bridgehead atoms. The van der Waals surface area contributed by atoms with Gasteiger partial charge in [-0.1, -0.05) is 29.8 Å². The van der Waals surface area contributed by atoms with Gasteiger partial charge in [-0.05, 0) is 31.5 Å². The Morgan fingerprint density at radius 3 is 2.67 bits per heavy atom. The average molecular weight is 224 g/mol. The number of carbonyl (C=O) groups excluding carboxylic acids is 1. The number of carbonyl (C=O) groups is 1. The summed E-state index contributed by atoms with van der Waals surface area (Å²) >= 11 is 6.15. The second kappa shape index (κ2) is 3.95. The summed E-state index contributed by atoms with van der Waals surface area (Å²) in [5.41, 5.74) is 0.370. The van der Waals surface area contributed by atoms with E-state index in [4.69, 9.17) is 11.6 Å². The fourth-order valence-electron chi connectivity index (χ4n) is 2.36. The summed E-state index contributed by atoms with van der Waals surface area (Å²) in [6, 6.07) is 7.57. The molecule has 0 radical (unpaired) electrons. The lowest BCUT2D eigenvalue weighted by molar-refractivity contribution is -0.123. The largest absolute Gasteiger partial charge is 0.304 e. The Balaban J connectivity index is 2.51. The van der Waals surface area contributed by atoms with E-state index >= 15 is 0 Å². The summed E-state index contributed by atoms with van der Waals surface area (Å²) in [7, 11) is 1.83. The highest BCUT2D eigenvalue weighted by Crippen LogP contribution is 2.38. The van der Waals surface area contributed by atoms with Crippen LogP contribution in [0.15, 0.2) is 24.3 Å². The van der Waals surface area contributed by atoms with Gasteiger partial charge in [-0.15, -0.1) is 0 Å². The number of hydrogen-bond acceptors (Lipinski definition) is 2. The zero-order chi connectivity index (χ0) is 10.9. The molecule has 1 aromatic rings. The van der Waals surface area contributed by atoms with Gasteiger partial charge < -0.3 is 5.32 Å². The average Bonchev–Trinajstić information content (AvgIpc) is 2.61. The first-order valence-corrected chi connectivity index (χ1v) is 5.56. The molecular formula is C12H14ClNO. The van der Waals surface area contributed by atoms with Gasteiger partial charge in [-0.25, -0.2) is 0 Å². The van der Waals surface area contributed by atoms with Crippen LogP contribution in [-0.2, 0) is 10.3 Å². The molecule has 0 heterocycles. The molecule has 1 aromatic carbocycles. The van der Waals surface area contributed by atoms with Crippen LogP contribution in [-0.4, -0.2) is 12.8 Å². The normalized spacial score (nSPS) is 25.9. The molecule has 0 unspecified atom stereocenters. The Labute approximate surface area is 94.6 Å². The highest BCUT2D eigenvalue weighted by molar-refractivity contribution is 6.31. The molecule has 80 valence electrons. The highest BCUT2D eigenvalue weighted by atomic mass is 35.5. The van der Waals surface area contributed by atoms with Gasteiger partial charge in [0.25, 0.3) is 0 Å². The minimum absolute atomic E-state index is 0.248. The maximum Gasteiger partial charge on any atom is 0.157 e. The highest BCUT2D eigenvalue weighted by Gasteiger charge is 2.43. The number of ketones is 1. The van der Waals surface area contributed by atoms with E-state index in [1.54, 1.807) is 0 Å². The molecule has 2 rings (SSSR count). The van der Waals surface area contributed by atoms with E-state index in [-0.39, 0.29) is 5.78 Å². The van der Waals surface area contributed by atoms with Crippen molar-refractivity contribution in [3.8, 4) is 0 Å². The summed E-state index contributed by atoms with van der Waals surface area (Å²) < 4.78 is 0. The molecule has 0 aromatic heterocycles. The predicted octanol–water partition coefficient (Wildman–Crippen LogP) is 2.51. The van der Waals surface area contributed by atoms with E-state index in [1.807, 2.05) is 31.3 Å². The molecule has 2 nitrogen and oxygen atoms in total. The predicted molar refractivity (Wildman–Crippen MR) is 61.0 cm³/mol. The van der Waals surface area contributed by atoms with Crippen LogP contribution >= 0.6 is 11.6 Å². The first-order valence-electron chi connectivity index (χ1n) is 5.18. The van der Waals surface area contributed by atoms with Crippen LogP contribution in [0.1, 0.15) is 24.8 Å². The van der Waals surface area contributed by atoms with Crippen molar-refractivity contribution in [2.75, 3.05) is 7.05 Å². The third-order valence-corrected chi connectivity index (χ3v) is 3.52. The fourth-order valence-corrected chi connectivity index (χ4v) is 2.66. The summed E-state index contributed by atoms with van der Waals surface area (Å²) in [6.45, 7) is 0. The van der Waals surface area contributed by atoms with Crippen LogP contribution < -0.4 is 5.32 Å². The number of likely N-dealkylation sites (N-methyl/N-ethyl adjacent to an activating group) is 1. The quantitative estimate of drug-likeness (QED) is 0.835. The van der Waals surface area contributed by atoms with Gasteiger partial charge in [-0.3, -0.25) is 4.79 Å². The number of Topliss-reactive ketones (excluding diaryl/α,β-unsaturated/α-hetero) is 1. The van der Waals surface area contributed by atoms with Crippen LogP contribution in [0.2, 0.25) is 5.02 Å². The van der Waals surface area contributed by atoms with Crippen molar-refractivity contribution in [3.63, 3.8) is 0 Å². The van der Waals surface area contributed by atoms with Gasteiger partial charge in [0.15, 0.2) is 5.78 Å². The Bertz CT molecular complexity index is 391. The number of benzene rings is 1. The summed E-state index contributed by atoms with van der Waals surface area (Å²) in [4.78, 5) is 12.0. The molecule has 0 aliphatic heterocycles. The first kappa shape index (κ1) is 10.7. The Morgan fingerprint density at radius 1 is 1.40 bits per heavy atom. The third kappa shape index (κ3) is 1.58. The third-order valence-electron chi connectivity index (χ3n) is 3.19. The van der Waals surface area contributed by atoms with Crippen LogP contribution in [0, 0.1) is 0 Å². The van der Waals surface area contributed by atoms with Crippen molar-refractivity contribution in [1.29, 1.82) is 0 Å². The van der Waals surface area contributed by atoms with E-state index in [1.165, 1.54) is 0 Å². The monoisotopic (exact) mass is 223 g/mol. The topological polar surface area (TPSA) is 29.1 Å². The van der Waals surface area contributed by atoms with E-state index < -0.39 is 5.54 Å². The molecule has 1 atom stereocenters. The van der Waals surface area contributed by atoms with Gasteiger partial charge >= 0.3 is 0 Å². The lowest BCUT2D eigenvalue weighted by Gasteiger charge is -2.28. The van der Waals surface area contributed by atoms with Crippen molar-refractivity contribution in [2.24, 2.45) is 0 Å². The molecule has 1 fully saturated rings. The zero-order valence-corrected chi connectivity index (χ0v) is 9.47. The molecule has 1 saturated carbocycles. The zero-order valence-electron chi connectivity index (χ0n) is 8.72. The molecular weight excluding hydrogens is 210 g/mol. The number of halogens is 1. The van der Waals surface area contributed by atoms with Crippen LogP contribution in [0.25, 0.3) is 0 Å². The number of rotatable bonds is 2. The molecule has 0 spiro atoms. The van der Waals surface area contributed by atoms with Gasteiger partial charge in [0.05, 0.1) is 0 Å². The van der Waals surface area contributed by atoms with Crippen LogP contribution in [0.5, 0.6) is 0 Å². The lowest BCUT2D eigenvalue weighted by atomic mass is 9.87. The van der Waals surface area contributed by atoms with Crippen molar-refractivity contribution in [2.45, 2.75) is 24.8 Å². The SMILES string of the molecule is CN[C@]1(c2ccccc2Cl)CCCC1=O. The standard InChI is InChI=1S/C12H14ClNO/c1-14-12(8-4-7-11(12)15)9-5-2-3-6-10(9)13/h2-3,5-6,14H,4,7-8H2,1H3/t12-/m0/s1. The molecule has 0 saturated heterocycles. The van der Waals surface area contributed by atoms with Gasteiger partial charge in [0.1, 0.15) is 5.54 Å². The molecule has 1 aliphatic carbocycles. The van der Waals surface area contributed by atoms with E-state index in [2.05, 4.69) is 5.32 Å². The van der Waals surface area contributed by atoms with Gasteiger partial charge in [0, 0.05) is 11.4 Å². The smallest absolute Gasteiger partial charge is 0.157 e. The maximum atomic E-state index is 12.0. The first-order chi connectivity index (χ1) is 7.20. The van der Waals surface area contributed by atoms with E-state index in [9.17, 15) is 4.79 Å². The maximum absolute atomic E-state index is 12.0. The summed E-state index contributed by atoms with van der Waals surface area (Å²) in [5.74, 6) is 0.248. The second-order valence-corrected chi connectivity index (χ2v) is 4.32. The van der Waals surface area contributed by atoms with E-state index in [0.717, 1.165) is 18.4 Å². The van der Waals surface area contributed by atoms with Crippen molar-refractivity contribution >= 4 is 17.4 Å². The molecule has 0 amide bonds. The van der Waals surface area contributed by atoms with Crippen molar-refractivity contribution < 1.29 is 4.79 Å². The fraction of sp³-hybridized carbons (Fsp3) is 0.417. The van der Waals surface area contributed by atoms with Crippen molar-refractivity contribution in [1.82, 2.24) is 5.32 Å². The summed E-state index contributed by atoms with van der Waals surface area (Å²) in [6.07, 6.45) is 2.42. The van der Waals surface area contributed by atoms with Crippen LogP contribution in [0.4, 0.5) is 0 Å². The van der Waals surface area contributed by atoms with Crippen LogP contribution in [0.3, 0.4) is 0 Å². The second-order valence-electron chi connectivity index (χ2n) is 3.91.